The van der Waals surface area contributed by atoms with Gasteiger partial charge in [-0.25, -0.2) is 0 Å². The average Bonchev–Trinajstić information content (AvgIpc) is 2.96. The second-order valence-electron chi connectivity index (χ2n) is 5.23. The summed E-state index contributed by atoms with van der Waals surface area (Å²) in [5.74, 6) is 1.38. The molecule has 1 unspecified atom stereocenters. The standard InChI is InChI=1S/C12H25NO/c1-4-12(2,3)13-8-7-11(9-14)10-5-6-10/h10-11,13-14H,4-9H2,1-3H3. The van der Waals surface area contributed by atoms with Crippen LogP contribution < -0.4 is 5.32 Å². The van der Waals surface area contributed by atoms with Crippen molar-refractivity contribution in [2.75, 3.05) is 13.2 Å². The van der Waals surface area contributed by atoms with E-state index in [1.807, 2.05) is 0 Å². The summed E-state index contributed by atoms with van der Waals surface area (Å²) in [6, 6.07) is 0. The number of aliphatic hydroxyl groups excluding tert-OH is 1. The zero-order chi connectivity index (χ0) is 10.6. The van der Waals surface area contributed by atoms with Crippen molar-refractivity contribution in [3.05, 3.63) is 0 Å². The Morgan fingerprint density at radius 2 is 2.07 bits per heavy atom. The van der Waals surface area contributed by atoms with E-state index < -0.39 is 0 Å². The highest BCUT2D eigenvalue weighted by Gasteiger charge is 2.30. The lowest BCUT2D eigenvalue weighted by Gasteiger charge is -2.25. The molecule has 1 saturated carbocycles. The third-order valence-electron chi connectivity index (χ3n) is 3.53. The molecule has 2 N–H and O–H groups in total. The molecule has 1 rings (SSSR count). The molecule has 84 valence electrons. The van der Waals surface area contributed by atoms with Crippen LogP contribution in [0.2, 0.25) is 0 Å². The van der Waals surface area contributed by atoms with Crippen LogP contribution in [-0.2, 0) is 0 Å². The van der Waals surface area contributed by atoms with Gasteiger partial charge in [0.1, 0.15) is 0 Å². The predicted octanol–water partition coefficient (Wildman–Crippen LogP) is 2.17. The second kappa shape index (κ2) is 5.13. The van der Waals surface area contributed by atoms with Crippen LogP contribution in [0.15, 0.2) is 0 Å². The molecule has 0 aromatic rings. The fourth-order valence-electron chi connectivity index (χ4n) is 1.76. The molecule has 0 aromatic carbocycles. The zero-order valence-corrected chi connectivity index (χ0v) is 9.84. The summed E-state index contributed by atoms with van der Waals surface area (Å²) in [5.41, 5.74) is 0.254. The second-order valence-corrected chi connectivity index (χ2v) is 5.23. The zero-order valence-electron chi connectivity index (χ0n) is 9.84. The minimum atomic E-state index is 0.254. The van der Waals surface area contributed by atoms with Gasteiger partial charge in [0.25, 0.3) is 0 Å². The molecule has 1 aliphatic carbocycles. The first-order valence-corrected chi connectivity index (χ1v) is 5.95. The predicted molar refractivity (Wildman–Crippen MR) is 60.3 cm³/mol. The summed E-state index contributed by atoms with van der Waals surface area (Å²) in [7, 11) is 0. The highest BCUT2D eigenvalue weighted by atomic mass is 16.3. The molecule has 0 saturated heterocycles. The lowest BCUT2D eigenvalue weighted by atomic mass is 9.98. The highest BCUT2D eigenvalue weighted by molar-refractivity contribution is 4.82. The van der Waals surface area contributed by atoms with Gasteiger partial charge in [0.2, 0.25) is 0 Å². The number of rotatable bonds is 7. The van der Waals surface area contributed by atoms with Crippen molar-refractivity contribution in [1.82, 2.24) is 5.32 Å². The summed E-state index contributed by atoms with van der Waals surface area (Å²) >= 11 is 0. The van der Waals surface area contributed by atoms with Crippen LogP contribution in [0.1, 0.15) is 46.5 Å². The van der Waals surface area contributed by atoms with Crippen LogP contribution in [-0.4, -0.2) is 23.8 Å². The van der Waals surface area contributed by atoms with Gasteiger partial charge in [-0.05, 0) is 57.9 Å². The first-order valence-electron chi connectivity index (χ1n) is 5.95. The van der Waals surface area contributed by atoms with Crippen molar-refractivity contribution in [1.29, 1.82) is 0 Å². The lowest BCUT2D eigenvalue weighted by Crippen LogP contribution is -2.39. The summed E-state index contributed by atoms with van der Waals surface area (Å²) in [6.45, 7) is 8.09. The minimum absolute atomic E-state index is 0.254. The Kier molecular flexibility index (Phi) is 4.39. The van der Waals surface area contributed by atoms with Crippen LogP contribution in [0.25, 0.3) is 0 Å². The van der Waals surface area contributed by atoms with Crippen LogP contribution >= 0.6 is 0 Å². The van der Waals surface area contributed by atoms with Gasteiger partial charge in [0.15, 0.2) is 0 Å². The molecule has 14 heavy (non-hydrogen) atoms. The van der Waals surface area contributed by atoms with Crippen molar-refractivity contribution in [3.63, 3.8) is 0 Å². The molecule has 1 atom stereocenters. The fourth-order valence-corrected chi connectivity index (χ4v) is 1.76. The van der Waals surface area contributed by atoms with E-state index in [1.54, 1.807) is 0 Å². The van der Waals surface area contributed by atoms with Gasteiger partial charge >= 0.3 is 0 Å². The number of hydrogen-bond donors (Lipinski definition) is 2. The van der Waals surface area contributed by atoms with Crippen molar-refractivity contribution in [2.45, 2.75) is 52.0 Å². The molecular formula is C12H25NO. The van der Waals surface area contributed by atoms with Gasteiger partial charge in [-0.3, -0.25) is 0 Å². The summed E-state index contributed by atoms with van der Waals surface area (Å²) < 4.78 is 0. The van der Waals surface area contributed by atoms with Gasteiger partial charge in [-0.1, -0.05) is 6.92 Å². The van der Waals surface area contributed by atoms with Gasteiger partial charge in [-0.15, -0.1) is 0 Å². The molecule has 2 heteroatoms. The van der Waals surface area contributed by atoms with Crippen LogP contribution in [0.3, 0.4) is 0 Å². The Balaban J connectivity index is 2.12. The Labute approximate surface area is 88.1 Å². The largest absolute Gasteiger partial charge is 0.396 e. The maximum Gasteiger partial charge on any atom is 0.0462 e. The van der Waals surface area contributed by atoms with E-state index in [0.717, 1.165) is 25.3 Å². The molecule has 1 fully saturated rings. The number of nitrogens with one attached hydrogen (secondary N) is 1. The Morgan fingerprint density at radius 1 is 1.43 bits per heavy atom. The van der Waals surface area contributed by atoms with E-state index >= 15 is 0 Å². The molecule has 0 aromatic heterocycles. The first kappa shape index (κ1) is 12.0. The molecule has 0 radical (unpaired) electrons. The van der Waals surface area contributed by atoms with E-state index in [9.17, 15) is 5.11 Å². The monoisotopic (exact) mass is 199 g/mol. The molecule has 0 bridgehead atoms. The Morgan fingerprint density at radius 3 is 2.50 bits per heavy atom. The van der Waals surface area contributed by atoms with Crippen LogP contribution in [0, 0.1) is 11.8 Å². The van der Waals surface area contributed by atoms with Crippen molar-refractivity contribution < 1.29 is 5.11 Å². The highest BCUT2D eigenvalue weighted by Crippen LogP contribution is 2.38. The van der Waals surface area contributed by atoms with E-state index in [-0.39, 0.29) is 5.54 Å². The molecule has 2 nitrogen and oxygen atoms in total. The van der Waals surface area contributed by atoms with E-state index in [0.29, 0.717) is 12.5 Å². The topological polar surface area (TPSA) is 32.3 Å². The minimum Gasteiger partial charge on any atom is -0.396 e. The molecular weight excluding hydrogens is 174 g/mol. The Hall–Kier alpha value is -0.0800. The SMILES string of the molecule is CCC(C)(C)NCCC(CO)C1CC1. The third-order valence-corrected chi connectivity index (χ3v) is 3.53. The first-order chi connectivity index (χ1) is 6.59. The van der Waals surface area contributed by atoms with Gasteiger partial charge in [0, 0.05) is 12.1 Å². The van der Waals surface area contributed by atoms with Gasteiger partial charge < -0.3 is 10.4 Å². The lowest BCUT2D eigenvalue weighted by molar-refractivity contribution is 0.196. The maximum absolute atomic E-state index is 9.20. The smallest absolute Gasteiger partial charge is 0.0462 e. The van der Waals surface area contributed by atoms with Crippen molar-refractivity contribution in [2.24, 2.45) is 11.8 Å². The third kappa shape index (κ3) is 3.97. The van der Waals surface area contributed by atoms with E-state index in [2.05, 4.69) is 26.1 Å². The normalized spacial score (nSPS) is 19.7. The van der Waals surface area contributed by atoms with E-state index in [4.69, 9.17) is 0 Å². The van der Waals surface area contributed by atoms with E-state index in [1.165, 1.54) is 12.8 Å². The Bertz CT molecular complexity index is 164. The molecule has 0 amide bonds. The quantitative estimate of drug-likeness (QED) is 0.658. The van der Waals surface area contributed by atoms with Gasteiger partial charge in [0.05, 0.1) is 0 Å². The summed E-state index contributed by atoms with van der Waals surface area (Å²) in [6.07, 6.45) is 4.95. The number of hydrogen-bond acceptors (Lipinski definition) is 2. The summed E-state index contributed by atoms with van der Waals surface area (Å²) in [4.78, 5) is 0. The average molecular weight is 199 g/mol. The molecule has 0 spiro atoms. The molecule has 0 heterocycles. The fraction of sp³-hybridized carbons (Fsp3) is 1.00. The number of aliphatic hydroxyl groups is 1. The van der Waals surface area contributed by atoms with Crippen molar-refractivity contribution >= 4 is 0 Å². The van der Waals surface area contributed by atoms with Gasteiger partial charge in [-0.2, -0.15) is 0 Å². The summed E-state index contributed by atoms with van der Waals surface area (Å²) in [5, 5.41) is 12.7. The molecule has 0 aliphatic heterocycles. The van der Waals surface area contributed by atoms with Crippen molar-refractivity contribution in [3.8, 4) is 0 Å². The van der Waals surface area contributed by atoms with Crippen LogP contribution in [0.4, 0.5) is 0 Å². The maximum atomic E-state index is 9.20. The van der Waals surface area contributed by atoms with Crippen LogP contribution in [0.5, 0.6) is 0 Å². The molecule has 1 aliphatic rings.